The van der Waals surface area contributed by atoms with E-state index in [2.05, 4.69) is 16.3 Å². The fourth-order valence-electron chi connectivity index (χ4n) is 2.71. The van der Waals surface area contributed by atoms with Crippen molar-refractivity contribution in [2.45, 2.75) is 24.7 Å². The molecule has 0 aliphatic carbocycles. The lowest BCUT2D eigenvalue weighted by Gasteiger charge is -2.30. The summed E-state index contributed by atoms with van der Waals surface area (Å²) in [4.78, 5) is 1.52. The van der Waals surface area contributed by atoms with Gasteiger partial charge in [-0.15, -0.1) is 10.2 Å². The minimum absolute atomic E-state index is 0.239. The maximum absolute atomic E-state index is 6.27. The van der Waals surface area contributed by atoms with Crippen LogP contribution in [0.25, 0.3) is 0 Å². The molecule has 1 fully saturated rings. The summed E-state index contributed by atoms with van der Waals surface area (Å²) in [6, 6.07) is 8.09. The van der Waals surface area contributed by atoms with E-state index in [0.29, 0.717) is 0 Å². The molecule has 23 heavy (non-hydrogen) atoms. The molecule has 3 rings (SSSR count). The highest BCUT2D eigenvalue weighted by atomic mass is 35.5. The monoisotopic (exact) mass is 353 g/mol. The summed E-state index contributed by atoms with van der Waals surface area (Å²) in [5, 5.41) is 10.1. The van der Waals surface area contributed by atoms with Crippen LogP contribution in [0.4, 0.5) is 0 Å². The zero-order valence-electron chi connectivity index (χ0n) is 13.5. The van der Waals surface area contributed by atoms with Crippen LogP contribution in [-0.2, 0) is 18.3 Å². The Labute approximate surface area is 146 Å². The van der Waals surface area contributed by atoms with Crippen molar-refractivity contribution in [2.75, 3.05) is 25.4 Å². The largest absolute Gasteiger partial charge is 0.366 e. The Balaban J connectivity index is 1.54. The van der Waals surface area contributed by atoms with Gasteiger partial charge in [0.15, 0.2) is 5.16 Å². The number of rotatable bonds is 5. The predicted octanol–water partition coefficient (Wildman–Crippen LogP) is 1.35. The first-order valence-corrected chi connectivity index (χ1v) is 9.17. The second-order valence-electron chi connectivity index (χ2n) is 5.86. The molecule has 0 amide bonds. The van der Waals surface area contributed by atoms with Gasteiger partial charge in [-0.05, 0) is 13.0 Å². The molecule has 1 saturated heterocycles. The third-order valence-electron chi connectivity index (χ3n) is 4.17. The van der Waals surface area contributed by atoms with Crippen molar-refractivity contribution in [1.82, 2.24) is 14.8 Å². The first-order valence-electron chi connectivity index (χ1n) is 7.81. The Bertz CT molecular complexity index is 663. The zero-order valence-corrected chi connectivity index (χ0v) is 15.0. The van der Waals surface area contributed by atoms with E-state index in [-0.39, 0.29) is 6.10 Å². The van der Waals surface area contributed by atoms with E-state index in [1.54, 1.807) is 11.8 Å². The van der Waals surface area contributed by atoms with E-state index in [4.69, 9.17) is 16.3 Å². The second kappa shape index (κ2) is 7.66. The number of morpholine rings is 1. The minimum atomic E-state index is 0.239. The fraction of sp³-hybridized carbons (Fsp3) is 0.500. The number of ether oxygens (including phenoxy) is 1. The highest BCUT2D eigenvalue weighted by molar-refractivity contribution is 7.99. The van der Waals surface area contributed by atoms with Crippen molar-refractivity contribution in [2.24, 2.45) is 7.05 Å². The Morgan fingerprint density at radius 2 is 2.22 bits per heavy atom. The summed E-state index contributed by atoms with van der Waals surface area (Å²) in [5.74, 6) is 1.83. The van der Waals surface area contributed by atoms with Gasteiger partial charge in [0.05, 0.1) is 6.61 Å². The van der Waals surface area contributed by atoms with Gasteiger partial charge in [-0.25, -0.2) is 0 Å². The van der Waals surface area contributed by atoms with Crippen LogP contribution in [0.2, 0.25) is 5.02 Å². The average molecular weight is 354 g/mol. The van der Waals surface area contributed by atoms with Gasteiger partial charge in [0.1, 0.15) is 31.6 Å². The molecule has 7 heteroatoms. The molecule has 0 saturated carbocycles. The van der Waals surface area contributed by atoms with E-state index in [9.17, 15) is 0 Å². The number of quaternary nitrogens is 1. The first-order chi connectivity index (χ1) is 11.1. The zero-order chi connectivity index (χ0) is 16.2. The molecule has 1 aromatic carbocycles. The van der Waals surface area contributed by atoms with E-state index in [1.165, 1.54) is 10.5 Å². The van der Waals surface area contributed by atoms with E-state index in [0.717, 1.165) is 48.0 Å². The van der Waals surface area contributed by atoms with Crippen LogP contribution in [0.3, 0.4) is 0 Å². The normalized spacial score (nSPS) is 21.5. The topological polar surface area (TPSA) is 44.4 Å². The van der Waals surface area contributed by atoms with E-state index >= 15 is 0 Å². The third-order valence-corrected chi connectivity index (χ3v) is 5.70. The van der Waals surface area contributed by atoms with Crippen molar-refractivity contribution in [3.8, 4) is 0 Å². The summed E-state index contributed by atoms with van der Waals surface area (Å²) in [6.45, 7) is 5.73. The maximum Gasteiger partial charge on any atom is 0.191 e. The fourth-order valence-corrected chi connectivity index (χ4v) is 3.89. The highest BCUT2D eigenvalue weighted by Crippen LogP contribution is 2.18. The number of hydrogen-bond acceptors (Lipinski definition) is 4. The molecule has 5 nitrogen and oxygen atoms in total. The van der Waals surface area contributed by atoms with Crippen LogP contribution in [-0.4, -0.2) is 46.3 Å². The molecule has 2 aromatic rings. The van der Waals surface area contributed by atoms with Crippen molar-refractivity contribution >= 4 is 23.4 Å². The van der Waals surface area contributed by atoms with Gasteiger partial charge >= 0.3 is 0 Å². The number of benzene rings is 1. The van der Waals surface area contributed by atoms with Gasteiger partial charge in [-0.3, -0.25) is 0 Å². The molecule has 2 heterocycles. The molecule has 0 radical (unpaired) electrons. The van der Waals surface area contributed by atoms with Crippen LogP contribution < -0.4 is 4.90 Å². The second-order valence-corrected chi connectivity index (χ2v) is 7.26. The molecule has 1 aliphatic heterocycles. The lowest BCUT2D eigenvalue weighted by molar-refractivity contribution is -0.924. The molecular formula is C16H22ClN4OS+. The number of nitrogens with zero attached hydrogens (tertiary/aromatic N) is 3. The number of hydrogen-bond donors (Lipinski definition) is 1. The maximum atomic E-state index is 6.27. The van der Waals surface area contributed by atoms with Gasteiger partial charge in [0.2, 0.25) is 0 Å². The lowest BCUT2D eigenvalue weighted by atomic mass is 10.2. The van der Waals surface area contributed by atoms with Crippen LogP contribution in [0.5, 0.6) is 0 Å². The van der Waals surface area contributed by atoms with Gasteiger partial charge in [-0.1, -0.05) is 41.6 Å². The van der Waals surface area contributed by atoms with Crippen LogP contribution >= 0.6 is 23.4 Å². The molecule has 1 N–H and O–H groups in total. The average Bonchev–Trinajstić information content (AvgIpc) is 2.87. The van der Waals surface area contributed by atoms with Gasteiger partial charge < -0.3 is 14.2 Å². The quantitative estimate of drug-likeness (QED) is 0.824. The lowest BCUT2D eigenvalue weighted by Crippen LogP contribution is -3.13. The molecule has 2 atom stereocenters. The van der Waals surface area contributed by atoms with Crippen LogP contribution in [0, 0.1) is 6.92 Å². The molecule has 0 bridgehead atoms. The van der Waals surface area contributed by atoms with Crippen molar-refractivity contribution in [1.29, 1.82) is 0 Å². The van der Waals surface area contributed by atoms with Crippen molar-refractivity contribution < 1.29 is 9.64 Å². The van der Waals surface area contributed by atoms with Gasteiger partial charge in [0, 0.05) is 23.4 Å². The summed E-state index contributed by atoms with van der Waals surface area (Å²) in [6.07, 6.45) is 0.239. The summed E-state index contributed by atoms with van der Waals surface area (Å²) < 4.78 is 7.93. The number of aromatic nitrogens is 3. The number of aryl methyl sites for hydroxylation is 1. The molecule has 1 unspecified atom stereocenters. The van der Waals surface area contributed by atoms with Crippen LogP contribution in [0.1, 0.15) is 11.4 Å². The Morgan fingerprint density at radius 3 is 2.96 bits per heavy atom. The number of thioether (sulfide) groups is 1. The van der Waals surface area contributed by atoms with Crippen LogP contribution in [0.15, 0.2) is 29.4 Å². The Hall–Kier alpha value is -1.08. The summed E-state index contributed by atoms with van der Waals surface area (Å²) in [5.41, 5.74) is 1.21. The van der Waals surface area contributed by atoms with E-state index in [1.807, 2.05) is 36.7 Å². The number of halogens is 1. The third kappa shape index (κ3) is 4.26. The van der Waals surface area contributed by atoms with Gasteiger partial charge in [-0.2, -0.15) is 0 Å². The Morgan fingerprint density at radius 1 is 1.39 bits per heavy atom. The first kappa shape index (κ1) is 16.8. The standard InChI is InChI=1S/C16H21ClN4OS/c1-12-18-19-16(20(12)2)23-11-14-10-21(7-8-22-14)9-13-5-3-4-6-15(13)17/h3-6,14H,7-11H2,1-2H3/p+1/t14-/m1/s1. The predicted molar refractivity (Wildman–Crippen MR) is 92.1 cm³/mol. The number of nitrogens with one attached hydrogen (secondary N) is 1. The summed E-state index contributed by atoms with van der Waals surface area (Å²) >= 11 is 7.98. The molecular weight excluding hydrogens is 332 g/mol. The van der Waals surface area contributed by atoms with E-state index < -0.39 is 0 Å². The molecule has 124 valence electrons. The Kier molecular flexibility index (Phi) is 5.58. The van der Waals surface area contributed by atoms with Crippen molar-refractivity contribution in [3.63, 3.8) is 0 Å². The van der Waals surface area contributed by atoms with Crippen molar-refractivity contribution in [3.05, 3.63) is 40.7 Å². The van der Waals surface area contributed by atoms with Gasteiger partial charge in [0.25, 0.3) is 0 Å². The SMILES string of the molecule is Cc1nnc(SC[C@H]2C[NH+](Cc3ccccc3Cl)CCO2)n1C. The molecule has 1 aliphatic rings. The molecule has 1 aromatic heterocycles. The summed E-state index contributed by atoms with van der Waals surface area (Å²) in [7, 11) is 1.99. The minimum Gasteiger partial charge on any atom is -0.366 e. The smallest absolute Gasteiger partial charge is 0.191 e. The highest BCUT2D eigenvalue weighted by Gasteiger charge is 2.25. The molecule has 0 spiro atoms.